The number of fused-ring (bicyclic) bond motifs is 1. The highest BCUT2D eigenvalue weighted by Crippen LogP contribution is 2.32. The lowest BCUT2D eigenvalue weighted by Gasteiger charge is -2.14. The molecule has 0 radical (unpaired) electrons. The first-order valence-electron chi connectivity index (χ1n) is 6.55. The van der Waals surface area contributed by atoms with E-state index in [0.29, 0.717) is 6.42 Å². The molecule has 1 nitrogen and oxygen atoms in total. The van der Waals surface area contributed by atoms with Crippen LogP contribution >= 0.6 is 23.1 Å². The Morgan fingerprint density at radius 1 is 1.10 bits per heavy atom. The Labute approximate surface area is 127 Å². The van der Waals surface area contributed by atoms with Crippen LogP contribution in [0.5, 0.6) is 0 Å². The lowest BCUT2D eigenvalue weighted by Crippen LogP contribution is -2.02. The molecule has 0 aliphatic heterocycles. The van der Waals surface area contributed by atoms with E-state index in [4.69, 9.17) is 0 Å². The zero-order valence-corrected chi connectivity index (χ0v) is 12.9. The number of hydrogen-bond donors (Lipinski definition) is 1. The maximum Gasteiger partial charge on any atom is 0.0841 e. The molecule has 0 aliphatic carbocycles. The fourth-order valence-electron chi connectivity index (χ4n) is 2.45. The minimum Gasteiger partial charge on any atom is -0.388 e. The first-order valence-corrected chi connectivity index (χ1v) is 8.66. The molecule has 0 bridgehead atoms. The summed E-state index contributed by atoms with van der Waals surface area (Å²) in [5, 5.41) is 14.0. The number of rotatable bonds is 4. The summed E-state index contributed by atoms with van der Waals surface area (Å²) in [7, 11) is 0. The van der Waals surface area contributed by atoms with Gasteiger partial charge in [-0.25, -0.2) is 0 Å². The Morgan fingerprint density at radius 3 is 2.70 bits per heavy atom. The van der Waals surface area contributed by atoms with Crippen molar-refractivity contribution in [3.63, 3.8) is 0 Å². The molecule has 2 aromatic carbocycles. The molecule has 102 valence electrons. The van der Waals surface area contributed by atoms with Gasteiger partial charge in [-0.15, -0.1) is 23.1 Å². The van der Waals surface area contributed by atoms with E-state index >= 15 is 0 Å². The predicted octanol–water partition coefficient (Wildman–Crippen LogP) is 4.90. The molecule has 1 N–H and O–H groups in total. The molecular weight excluding hydrogens is 284 g/mol. The minimum absolute atomic E-state index is 0.448. The van der Waals surface area contributed by atoms with Crippen molar-refractivity contribution in [1.29, 1.82) is 0 Å². The first kappa shape index (κ1) is 13.7. The van der Waals surface area contributed by atoms with Crippen molar-refractivity contribution in [2.75, 3.05) is 6.26 Å². The fraction of sp³-hybridized carbons (Fsp3) is 0.176. The SMILES string of the molecule is CSc1ccccc1C(O)Cc1csc2ccccc12. The average Bonchev–Trinajstić information content (AvgIpc) is 2.90. The molecule has 1 unspecified atom stereocenters. The van der Waals surface area contributed by atoms with E-state index in [1.54, 1.807) is 23.1 Å². The van der Waals surface area contributed by atoms with Crippen LogP contribution in [-0.4, -0.2) is 11.4 Å². The van der Waals surface area contributed by atoms with Crippen LogP contribution in [0.15, 0.2) is 58.8 Å². The van der Waals surface area contributed by atoms with E-state index in [9.17, 15) is 5.11 Å². The van der Waals surface area contributed by atoms with Gasteiger partial charge in [0.15, 0.2) is 0 Å². The Balaban J connectivity index is 1.90. The van der Waals surface area contributed by atoms with Crippen LogP contribution < -0.4 is 0 Å². The molecule has 3 aromatic rings. The molecule has 0 spiro atoms. The second-order valence-corrected chi connectivity index (χ2v) is 6.48. The molecule has 3 rings (SSSR count). The highest BCUT2D eigenvalue weighted by Gasteiger charge is 2.14. The summed E-state index contributed by atoms with van der Waals surface area (Å²) < 4.78 is 1.29. The van der Waals surface area contributed by atoms with Crippen LogP contribution in [0.4, 0.5) is 0 Å². The number of hydrogen-bond acceptors (Lipinski definition) is 3. The third-order valence-electron chi connectivity index (χ3n) is 3.47. The standard InChI is InChI=1S/C17H16OS2/c1-19-16-8-4-3-7-14(16)15(18)10-12-11-20-17-9-5-2-6-13(12)17/h2-9,11,15,18H,10H2,1H3. The second kappa shape index (κ2) is 6.00. The summed E-state index contributed by atoms with van der Waals surface area (Å²) in [6.45, 7) is 0. The van der Waals surface area contributed by atoms with Crippen molar-refractivity contribution in [2.45, 2.75) is 17.4 Å². The fourth-order valence-corrected chi connectivity index (χ4v) is 4.08. The van der Waals surface area contributed by atoms with Crippen molar-refractivity contribution in [2.24, 2.45) is 0 Å². The van der Waals surface area contributed by atoms with Gasteiger partial charge in [0.1, 0.15) is 0 Å². The van der Waals surface area contributed by atoms with Gasteiger partial charge in [-0.3, -0.25) is 0 Å². The molecule has 0 saturated carbocycles. The van der Waals surface area contributed by atoms with Gasteiger partial charge in [0, 0.05) is 16.0 Å². The smallest absolute Gasteiger partial charge is 0.0841 e. The number of thioether (sulfide) groups is 1. The maximum atomic E-state index is 10.6. The van der Waals surface area contributed by atoms with Gasteiger partial charge in [-0.05, 0) is 40.3 Å². The predicted molar refractivity (Wildman–Crippen MR) is 88.7 cm³/mol. The summed E-state index contributed by atoms with van der Waals surface area (Å²) in [5.74, 6) is 0. The lowest BCUT2D eigenvalue weighted by atomic mass is 10.0. The number of benzene rings is 2. The quantitative estimate of drug-likeness (QED) is 0.692. The molecule has 1 aromatic heterocycles. The highest BCUT2D eigenvalue weighted by atomic mass is 32.2. The zero-order valence-electron chi connectivity index (χ0n) is 11.2. The molecule has 0 amide bonds. The van der Waals surface area contributed by atoms with Crippen LogP contribution in [0.1, 0.15) is 17.2 Å². The summed E-state index contributed by atoms with van der Waals surface area (Å²) in [5.41, 5.74) is 2.25. The Morgan fingerprint density at radius 2 is 1.85 bits per heavy atom. The summed E-state index contributed by atoms with van der Waals surface area (Å²) in [6.07, 6.45) is 2.27. The van der Waals surface area contributed by atoms with Crippen LogP contribution in [-0.2, 0) is 6.42 Å². The van der Waals surface area contributed by atoms with Crippen LogP contribution in [0.2, 0.25) is 0 Å². The average molecular weight is 300 g/mol. The number of aliphatic hydroxyl groups excluding tert-OH is 1. The number of thiophene rings is 1. The molecular formula is C17H16OS2. The van der Waals surface area contributed by atoms with Crippen molar-refractivity contribution in [3.8, 4) is 0 Å². The normalized spacial score (nSPS) is 12.7. The van der Waals surface area contributed by atoms with Crippen LogP contribution in [0.25, 0.3) is 10.1 Å². The van der Waals surface area contributed by atoms with Gasteiger partial charge in [0.2, 0.25) is 0 Å². The number of aliphatic hydroxyl groups is 1. The monoisotopic (exact) mass is 300 g/mol. The van der Waals surface area contributed by atoms with Crippen molar-refractivity contribution in [3.05, 3.63) is 65.0 Å². The van der Waals surface area contributed by atoms with Gasteiger partial charge < -0.3 is 5.11 Å². The van der Waals surface area contributed by atoms with Crippen LogP contribution in [0, 0.1) is 0 Å². The molecule has 0 saturated heterocycles. The van der Waals surface area contributed by atoms with Crippen LogP contribution in [0.3, 0.4) is 0 Å². The lowest BCUT2D eigenvalue weighted by molar-refractivity contribution is 0.176. The van der Waals surface area contributed by atoms with Gasteiger partial charge >= 0.3 is 0 Å². The largest absolute Gasteiger partial charge is 0.388 e. The van der Waals surface area contributed by atoms with Crippen molar-refractivity contribution < 1.29 is 5.11 Å². The summed E-state index contributed by atoms with van der Waals surface area (Å²) in [4.78, 5) is 1.15. The van der Waals surface area contributed by atoms with Gasteiger partial charge in [-0.2, -0.15) is 0 Å². The molecule has 0 aliphatic rings. The van der Waals surface area contributed by atoms with E-state index in [-0.39, 0.29) is 0 Å². The van der Waals surface area contributed by atoms with E-state index in [0.717, 1.165) is 10.5 Å². The Hall–Kier alpha value is -1.29. The molecule has 20 heavy (non-hydrogen) atoms. The maximum absolute atomic E-state index is 10.6. The highest BCUT2D eigenvalue weighted by molar-refractivity contribution is 7.98. The van der Waals surface area contributed by atoms with Gasteiger partial charge in [0.05, 0.1) is 6.10 Å². The summed E-state index contributed by atoms with van der Waals surface area (Å²) in [6, 6.07) is 16.5. The zero-order chi connectivity index (χ0) is 13.9. The van der Waals surface area contributed by atoms with E-state index < -0.39 is 6.10 Å². The third-order valence-corrected chi connectivity index (χ3v) is 5.30. The summed E-state index contributed by atoms with van der Waals surface area (Å²) >= 11 is 3.43. The van der Waals surface area contributed by atoms with Gasteiger partial charge in [0.25, 0.3) is 0 Å². The third kappa shape index (κ3) is 2.62. The molecule has 3 heteroatoms. The Kier molecular flexibility index (Phi) is 4.10. The van der Waals surface area contributed by atoms with Gasteiger partial charge in [-0.1, -0.05) is 36.4 Å². The van der Waals surface area contributed by atoms with Crippen molar-refractivity contribution >= 4 is 33.2 Å². The topological polar surface area (TPSA) is 20.2 Å². The molecule has 1 heterocycles. The molecule has 1 atom stereocenters. The molecule has 0 fully saturated rings. The van der Waals surface area contributed by atoms with E-state index in [1.807, 2.05) is 24.5 Å². The van der Waals surface area contributed by atoms with E-state index in [2.05, 4.69) is 35.7 Å². The van der Waals surface area contributed by atoms with Crippen molar-refractivity contribution in [1.82, 2.24) is 0 Å². The minimum atomic E-state index is -0.448. The van der Waals surface area contributed by atoms with E-state index in [1.165, 1.54) is 15.6 Å². The first-order chi connectivity index (χ1) is 9.79. The Bertz CT molecular complexity index is 718. The second-order valence-electron chi connectivity index (χ2n) is 4.72.